The Hall–Kier alpha value is -0.381. The minimum absolute atomic E-state index is 0.471. The van der Waals surface area contributed by atoms with Gasteiger partial charge in [-0.1, -0.05) is 0 Å². The summed E-state index contributed by atoms with van der Waals surface area (Å²) in [6, 6.07) is 2.27. The van der Waals surface area contributed by atoms with Gasteiger partial charge in [-0.25, -0.2) is 0 Å². The molecule has 0 saturated carbocycles. The molecular weight excluding hydrogens is 189 g/mol. The van der Waals surface area contributed by atoms with Gasteiger partial charge >= 0.3 is 67.0 Å². The maximum absolute atomic E-state index is 8.60. The average Bonchev–Trinajstić information content (AvgIpc) is 1.95. The Morgan fingerprint density at radius 3 is 2.60 bits per heavy atom. The third-order valence-corrected chi connectivity index (χ3v) is 4.18. The van der Waals surface area contributed by atoms with Crippen LogP contribution < -0.4 is 0 Å². The normalized spacial score (nSPS) is 18.3. The second kappa shape index (κ2) is 3.14. The fraction of sp³-hybridized carbons (Fsp3) is 0.500. The van der Waals surface area contributed by atoms with E-state index in [1.165, 1.54) is 11.1 Å². The van der Waals surface area contributed by atoms with Gasteiger partial charge in [0.05, 0.1) is 0 Å². The molecule has 1 rings (SSSR count). The van der Waals surface area contributed by atoms with Gasteiger partial charge in [0.2, 0.25) is 0 Å². The van der Waals surface area contributed by atoms with Gasteiger partial charge < -0.3 is 0 Å². The van der Waals surface area contributed by atoms with Crippen molar-refractivity contribution in [1.29, 1.82) is 5.26 Å². The van der Waals surface area contributed by atoms with Crippen LogP contribution in [0.4, 0.5) is 0 Å². The van der Waals surface area contributed by atoms with Crippen molar-refractivity contribution in [2.45, 2.75) is 25.6 Å². The molecule has 0 spiro atoms. The third kappa shape index (κ3) is 1.56. The van der Waals surface area contributed by atoms with E-state index in [0.29, 0.717) is 14.5 Å². The Labute approximate surface area is 67.4 Å². The summed E-state index contributed by atoms with van der Waals surface area (Å²) >= 11 is 0.471. The molecule has 0 amide bonds. The van der Waals surface area contributed by atoms with Crippen molar-refractivity contribution in [3.8, 4) is 6.07 Å². The van der Waals surface area contributed by atoms with Crippen molar-refractivity contribution in [1.82, 2.24) is 0 Å². The zero-order chi connectivity index (χ0) is 7.56. The SMILES string of the molecule is CC1=C(C)CC(C#N)=[Se+]C1. The summed E-state index contributed by atoms with van der Waals surface area (Å²) in [4.78, 5) is 0. The standard InChI is InChI=1S/C8H10NSe/c1-6-3-8(4-9)10-5-7(6)2/h3,5H2,1-2H3/q+1. The predicted octanol–water partition coefficient (Wildman–Crippen LogP) is 1.54. The van der Waals surface area contributed by atoms with Crippen molar-refractivity contribution in [3.63, 3.8) is 0 Å². The van der Waals surface area contributed by atoms with Gasteiger partial charge in [-0.05, 0) is 0 Å². The summed E-state index contributed by atoms with van der Waals surface area (Å²) in [5.74, 6) is 0. The summed E-state index contributed by atoms with van der Waals surface area (Å²) in [6.45, 7) is 4.30. The molecule has 0 aromatic heterocycles. The first kappa shape index (κ1) is 7.72. The second-order valence-corrected chi connectivity index (χ2v) is 4.81. The van der Waals surface area contributed by atoms with Crippen LogP contribution in [0.15, 0.2) is 11.1 Å². The molecule has 1 aliphatic rings. The molecule has 0 bridgehead atoms. The van der Waals surface area contributed by atoms with E-state index in [9.17, 15) is 0 Å². The Morgan fingerprint density at radius 1 is 1.40 bits per heavy atom. The summed E-state index contributed by atoms with van der Waals surface area (Å²) < 4.78 is 1.11. The van der Waals surface area contributed by atoms with Gasteiger partial charge in [0.25, 0.3) is 0 Å². The van der Waals surface area contributed by atoms with Crippen molar-refractivity contribution in [3.05, 3.63) is 11.1 Å². The molecule has 10 heavy (non-hydrogen) atoms. The van der Waals surface area contributed by atoms with Crippen LogP contribution in [0, 0.1) is 11.3 Å². The van der Waals surface area contributed by atoms with Crippen LogP contribution in [-0.4, -0.2) is 18.9 Å². The molecule has 2 heteroatoms. The van der Waals surface area contributed by atoms with Gasteiger partial charge in [0, 0.05) is 0 Å². The maximum atomic E-state index is 8.60. The number of nitriles is 1. The van der Waals surface area contributed by atoms with E-state index in [2.05, 4.69) is 19.9 Å². The zero-order valence-electron chi connectivity index (χ0n) is 6.27. The van der Waals surface area contributed by atoms with E-state index in [1.807, 2.05) is 0 Å². The van der Waals surface area contributed by atoms with Crippen LogP contribution in [0.5, 0.6) is 0 Å². The zero-order valence-corrected chi connectivity index (χ0v) is 7.98. The Morgan fingerprint density at radius 2 is 2.10 bits per heavy atom. The fourth-order valence-corrected chi connectivity index (χ4v) is 2.97. The van der Waals surface area contributed by atoms with E-state index in [0.717, 1.165) is 16.2 Å². The Kier molecular flexibility index (Phi) is 2.43. The molecule has 1 nitrogen and oxygen atoms in total. The average molecular weight is 199 g/mol. The molecule has 0 N–H and O–H groups in total. The first-order valence-electron chi connectivity index (χ1n) is 3.28. The van der Waals surface area contributed by atoms with Crippen LogP contribution in [0.3, 0.4) is 0 Å². The van der Waals surface area contributed by atoms with Crippen molar-refractivity contribution in [2.75, 3.05) is 0 Å². The van der Waals surface area contributed by atoms with Gasteiger partial charge in [0.15, 0.2) is 0 Å². The third-order valence-electron chi connectivity index (χ3n) is 1.74. The summed E-state index contributed by atoms with van der Waals surface area (Å²) in [5.41, 5.74) is 2.91. The summed E-state index contributed by atoms with van der Waals surface area (Å²) in [5, 5.41) is 9.76. The molecule has 0 saturated heterocycles. The van der Waals surface area contributed by atoms with Crippen LogP contribution in [0.1, 0.15) is 20.3 Å². The van der Waals surface area contributed by atoms with Crippen LogP contribution >= 0.6 is 0 Å². The van der Waals surface area contributed by atoms with Crippen LogP contribution in [0.25, 0.3) is 0 Å². The predicted molar refractivity (Wildman–Crippen MR) is 44.2 cm³/mol. The van der Waals surface area contributed by atoms with E-state index in [1.54, 1.807) is 0 Å². The minimum atomic E-state index is 0.471. The monoisotopic (exact) mass is 200 g/mol. The molecule has 0 atom stereocenters. The molecule has 1 aliphatic heterocycles. The molecule has 52 valence electrons. The number of nitrogens with zero attached hydrogens (tertiary/aromatic N) is 1. The number of hydrogen-bond donors (Lipinski definition) is 0. The molecule has 0 aliphatic carbocycles. The molecule has 1 heterocycles. The number of rotatable bonds is 0. The van der Waals surface area contributed by atoms with Crippen molar-refractivity contribution in [2.24, 2.45) is 0 Å². The topological polar surface area (TPSA) is 23.8 Å². The molecule has 0 aromatic carbocycles. The molecule has 0 unspecified atom stereocenters. The van der Waals surface area contributed by atoms with Gasteiger partial charge in [-0.3, -0.25) is 0 Å². The quantitative estimate of drug-likeness (QED) is 0.429. The Bertz CT molecular complexity index is 242. The van der Waals surface area contributed by atoms with E-state index in [-0.39, 0.29) is 0 Å². The van der Waals surface area contributed by atoms with Crippen LogP contribution in [-0.2, 0) is 0 Å². The van der Waals surface area contributed by atoms with Gasteiger partial charge in [0.1, 0.15) is 0 Å². The summed E-state index contributed by atoms with van der Waals surface area (Å²) in [7, 11) is 0. The van der Waals surface area contributed by atoms with Crippen molar-refractivity contribution < 1.29 is 0 Å². The fourth-order valence-electron chi connectivity index (χ4n) is 0.833. The van der Waals surface area contributed by atoms with E-state index in [4.69, 9.17) is 5.26 Å². The first-order chi connectivity index (χ1) is 4.74. The van der Waals surface area contributed by atoms with Gasteiger partial charge in [-0.15, -0.1) is 0 Å². The number of hydrogen-bond acceptors (Lipinski definition) is 1. The van der Waals surface area contributed by atoms with Crippen molar-refractivity contribution >= 4 is 18.9 Å². The van der Waals surface area contributed by atoms with E-state index >= 15 is 0 Å². The number of allylic oxidation sites excluding steroid dienone is 2. The summed E-state index contributed by atoms with van der Waals surface area (Å²) in [6.07, 6.45) is 0.947. The van der Waals surface area contributed by atoms with Gasteiger partial charge in [-0.2, -0.15) is 0 Å². The Balaban J connectivity index is 2.75. The molecule has 0 aromatic rings. The molecule has 0 radical (unpaired) electrons. The molecular formula is C8H10NSe+. The van der Waals surface area contributed by atoms with E-state index < -0.39 is 0 Å². The second-order valence-electron chi connectivity index (χ2n) is 2.56. The first-order valence-corrected chi connectivity index (χ1v) is 5.34. The molecule has 0 fully saturated rings. The van der Waals surface area contributed by atoms with Crippen LogP contribution in [0.2, 0.25) is 5.32 Å².